The van der Waals surface area contributed by atoms with Gasteiger partial charge in [-0.15, -0.1) is 0 Å². The summed E-state index contributed by atoms with van der Waals surface area (Å²) >= 11 is 0. The molecule has 1 fully saturated rings. The van der Waals surface area contributed by atoms with Crippen LogP contribution >= 0.6 is 0 Å². The molecule has 0 spiro atoms. The fourth-order valence-electron chi connectivity index (χ4n) is 1.87. The van der Waals surface area contributed by atoms with Gasteiger partial charge in [-0.3, -0.25) is 4.90 Å². The van der Waals surface area contributed by atoms with Gasteiger partial charge in [-0.1, -0.05) is 0 Å². The van der Waals surface area contributed by atoms with E-state index in [2.05, 4.69) is 17.9 Å². The third-order valence-corrected chi connectivity index (χ3v) is 2.77. The molecule has 13 heavy (non-hydrogen) atoms. The first-order valence-electron chi connectivity index (χ1n) is 4.85. The maximum Gasteiger partial charge on any atom is 0.0777 e. The second-order valence-corrected chi connectivity index (χ2v) is 3.94. The SMILES string of the molecule is COC1(C)CCCN(CCC#N)C1. The molecule has 0 aromatic carbocycles. The van der Waals surface area contributed by atoms with Crippen LogP contribution in [0.25, 0.3) is 0 Å². The molecule has 1 rings (SSSR count). The smallest absolute Gasteiger partial charge is 0.0777 e. The van der Waals surface area contributed by atoms with Crippen LogP contribution in [0.5, 0.6) is 0 Å². The Hall–Kier alpha value is -0.590. The lowest BCUT2D eigenvalue weighted by Crippen LogP contribution is -2.47. The monoisotopic (exact) mass is 182 g/mol. The molecule has 0 N–H and O–H groups in total. The van der Waals surface area contributed by atoms with Crippen LogP contribution in [0.2, 0.25) is 0 Å². The van der Waals surface area contributed by atoms with Crippen molar-refractivity contribution in [3.8, 4) is 6.07 Å². The average Bonchev–Trinajstić information content (AvgIpc) is 2.15. The zero-order valence-corrected chi connectivity index (χ0v) is 8.55. The van der Waals surface area contributed by atoms with Crippen molar-refractivity contribution >= 4 is 0 Å². The van der Waals surface area contributed by atoms with Crippen LogP contribution in [0.4, 0.5) is 0 Å². The number of ether oxygens (including phenoxy) is 1. The fourth-order valence-corrected chi connectivity index (χ4v) is 1.87. The van der Waals surface area contributed by atoms with Gasteiger partial charge in [0.25, 0.3) is 0 Å². The van der Waals surface area contributed by atoms with Crippen molar-refractivity contribution in [1.29, 1.82) is 5.26 Å². The van der Waals surface area contributed by atoms with Crippen molar-refractivity contribution in [3.63, 3.8) is 0 Å². The highest BCUT2D eigenvalue weighted by Gasteiger charge is 2.30. The van der Waals surface area contributed by atoms with E-state index in [9.17, 15) is 0 Å². The summed E-state index contributed by atoms with van der Waals surface area (Å²) in [5.74, 6) is 0. The van der Waals surface area contributed by atoms with E-state index in [1.54, 1.807) is 7.11 Å². The first-order valence-corrected chi connectivity index (χ1v) is 4.85. The molecule has 0 aromatic heterocycles. The third-order valence-electron chi connectivity index (χ3n) is 2.77. The molecule has 1 atom stereocenters. The van der Waals surface area contributed by atoms with Crippen molar-refractivity contribution in [3.05, 3.63) is 0 Å². The van der Waals surface area contributed by atoms with Crippen LogP contribution in [0.3, 0.4) is 0 Å². The van der Waals surface area contributed by atoms with Gasteiger partial charge in [0.05, 0.1) is 11.7 Å². The predicted octanol–water partition coefficient (Wildman–Crippen LogP) is 1.40. The first-order chi connectivity index (χ1) is 6.20. The maximum atomic E-state index is 8.48. The molecular formula is C10H18N2O. The predicted molar refractivity (Wildman–Crippen MR) is 51.3 cm³/mol. The van der Waals surface area contributed by atoms with Gasteiger partial charge in [-0.05, 0) is 26.3 Å². The van der Waals surface area contributed by atoms with E-state index in [-0.39, 0.29) is 5.60 Å². The molecule has 1 aliphatic heterocycles. The summed E-state index contributed by atoms with van der Waals surface area (Å²) in [4.78, 5) is 2.32. The Morgan fingerprint density at radius 3 is 3.00 bits per heavy atom. The van der Waals surface area contributed by atoms with Crippen molar-refractivity contribution in [2.75, 3.05) is 26.7 Å². The topological polar surface area (TPSA) is 36.3 Å². The maximum absolute atomic E-state index is 8.48. The molecule has 0 amide bonds. The van der Waals surface area contributed by atoms with Crippen LogP contribution in [0, 0.1) is 11.3 Å². The van der Waals surface area contributed by atoms with Gasteiger partial charge >= 0.3 is 0 Å². The van der Waals surface area contributed by atoms with Gasteiger partial charge in [-0.2, -0.15) is 5.26 Å². The zero-order chi connectivity index (χ0) is 9.73. The van der Waals surface area contributed by atoms with E-state index in [0.717, 1.165) is 26.1 Å². The number of nitriles is 1. The Labute approximate surface area is 80.3 Å². The number of likely N-dealkylation sites (tertiary alicyclic amines) is 1. The minimum absolute atomic E-state index is 0.00764. The molecule has 0 aromatic rings. The highest BCUT2D eigenvalue weighted by molar-refractivity contribution is 4.85. The summed E-state index contributed by atoms with van der Waals surface area (Å²) in [5, 5.41) is 8.48. The normalized spacial score (nSPS) is 29.9. The number of rotatable bonds is 3. The average molecular weight is 182 g/mol. The van der Waals surface area contributed by atoms with Crippen LogP contribution in [0.1, 0.15) is 26.2 Å². The number of hydrogen-bond acceptors (Lipinski definition) is 3. The molecule has 1 unspecified atom stereocenters. The Morgan fingerprint density at radius 1 is 1.62 bits per heavy atom. The summed E-state index contributed by atoms with van der Waals surface area (Å²) in [5.41, 5.74) is 0.00764. The summed E-state index contributed by atoms with van der Waals surface area (Å²) in [6.07, 6.45) is 2.93. The highest BCUT2D eigenvalue weighted by atomic mass is 16.5. The molecule has 1 saturated heterocycles. The van der Waals surface area contributed by atoms with E-state index in [0.29, 0.717) is 6.42 Å². The van der Waals surface area contributed by atoms with Crippen molar-refractivity contribution < 1.29 is 4.74 Å². The lowest BCUT2D eigenvalue weighted by atomic mass is 9.95. The van der Waals surface area contributed by atoms with Gasteiger partial charge in [0.1, 0.15) is 0 Å². The van der Waals surface area contributed by atoms with Gasteiger partial charge < -0.3 is 4.74 Å². The summed E-state index contributed by atoms with van der Waals surface area (Å²) < 4.78 is 5.46. The van der Waals surface area contributed by atoms with E-state index < -0.39 is 0 Å². The number of hydrogen-bond donors (Lipinski definition) is 0. The number of methoxy groups -OCH3 is 1. The first kappa shape index (κ1) is 10.5. The standard InChI is InChI=1S/C10H18N2O/c1-10(13-2)5-3-7-12(9-10)8-4-6-11/h3-5,7-9H2,1-2H3. The van der Waals surface area contributed by atoms with Crippen LogP contribution in [-0.2, 0) is 4.74 Å². The van der Waals surface area contributed by atoms with Crippen molar-refractivity contribution in [1.82, 2.24) is 4.90 Å². The highest BCUT2D eigenvalue weighted by Crippen LogP contribution is 2.23. The van der Waals surface area contributed by atoms with E-state index >= 15 is 0 Å². The summed E-state index contributed by atoms with van der Waals surface area (Å²) in [7, 11) is 1.77. The fraction of sp³-hybridized carbons (Fsp3) is 0.900. The Kier molecular flexibility index (Phi) is 3.71. The molecular weight excluding hydrogens is 164 g/mol. The molecule has 74 valence electrons. The van der Waals surface area contributed by atoms with Gasteiger partial charge in [0, 0.05) is 26.6 Å². The van der Waals surface area contributed by atoms with Crippen LogP contribution in [0.15, 0.2) is 0 Å². The van der Waals surface area contributed by atoms with Crippen LogP contribution in [-0.4, -0.2) is 37.2 Å². The van der Waals surface area contributed by atoms with Crippen molar-refractivity contribution in [2.45, 2.75) is 31.8 Å². The van der Waals surface area contributed by atoms with Gasteiger partial charge in [0.2, 0.25) is 0 Å². The minimum Gasteiger partial charge on any atom is -0.377 e. The molecule has 3 heteroatoms. The lowest BCUT2D eigenvalue weighted by Gasteiger charge is -2.39. The van der Waals surface area contributed by atoms with Crippen LogP contribution < -0.4 is 0 Å². The van der Waals surface area contributed by atoms with Gasteiger partial charge in [-0.25, -0.2) is 0 Å². The summed E-state index contributed by atoms with van der Waals surface area (Å²) in [6.45, 7) is 5.10. The van der Waals surface area contributed by atoms with E-state index in [1.807, 2.05) is 0 Å². The molecule has 0 bridgehead atoms. The second kappa shape index (κ2) is 4.59. The molecule has 1 heterocycles. The molecule has 3 nitrogen and oxygen atoms in total. The number of piperidine rings is 1. The minimum atomic E-state index is 0.00764. The Bertz CT molecular complexity index is 200. The molecule has 0 saturated carbocycles. The van der Waals surface area contributed by atoms with Crippen molar-refractivity contribution in [2.24, 2.45) is 0 Å². The largest absolute Gasteiger partial charge is 0.377 e. The zero-order valence-electron chi connectivity index (χ0n) is 8.55. The van der Waals surface area contributed by atoms with E-state index in [4.69, 9.17) is 10.00 Å². The van der Waals surface area contributed by atoms with E-state index in [1.165, 1.54) is 6.42 Å². The Balaban J connectivity index is 2.38. The molecule has 0 aliphatic carbocycles. The molecule has 1 aliphatic rings. The Morgan fingerprint density at radius 2 is 2.38 bits per heavy atom. The third kappa shape index (κ3) is 2.98. The van der Waals surface area contributed by atoms with Gasteiger partial charge in [0.15, 0.2) is 0 Å². The second-order valence-electron chi connectivity index (χ2n) is 3.94. The lowest BCUT2D eigenvalue weighted by molar-refractivity contribution is -0.0500. The quantitative estimate of drug-likeness (QED) is 0.662. The number of nitrogens with zero attached hydrogens (tertiary/aromatic N) is 2. The molecule has 0 radical (unpaired) electrons. The summed E-state index contributed by atoms with van der Waals surface area (Å²) in [6, 6.07) is 2.18.